The van der Waals surface area contributed by atoms with Gasteiger partial charge in [-0.15, -0.1) is 0 Å². The Morgan fingerprint density at radius 2 is 0.382 bits per heavy atom. The standard InChI is InChI=1S/C48H34O7/c1-5-19-35(20-6-1)49-43-31-17-33-45(47(43)51-37-23-9-3-10-24-37)54-41-29-15-13-27-39(41)53-40-28-14-16-30-42(40)55-46-34-18-32-44(50-36-21-7-2-8-22-36)48(46)52-38-25-11-4-12-26-38/h1-34H. The van der Waals surface area contributed by atoms with E-state index in [9.17, 15) is 0 Å². The van der Waals surface area contributed by atoms with Crippen LogP contribution in [0.5, 0.6) is 80.5 Å². The Morgan fingerprint density at radius 1 is 0.164 bits per heavy atom. The molecule has 0 aliphatic carbocycles. The third kappa shape index (κ3) is 8.71. The van der Waals surface area contributed by atoms with Crippen molar-refractivity contribution in [3.05, 3.63) is 206 Å². The highest BCUT2D eigenvalue weighted by atomic mass is 16.6. The molecule has 0 bridgehead atoms. The Hall–Kier alpha value is -7.64. The average molecular weight is 723 g/mol. The first kappa shape index (κ1) is 34.4. The van der Waals surface area contributed by atoms with Gasteiger partial charge >= 0.3 is 0 Å². The van der Waals surface area contributed by atoms with E-state index >= 15 is 0 Å². The van der Waals surface area contributed by atoms with E-state index in [-0.39, 0.29) is 0 Å². The van der Waals surface area contributed by atoms with Crippen molar-refractivity contribution in [1.29, 1.82) is 0 Å². The summed E-state index contributed by atoms with van der Waals surface area (Å²) in [7, 11) is 0. The smallest absolute Gasteiger partial charge is 0.212 e. The van der Waals surface area contributed by atoms with Crippen molar-refractivity contribution < 1.29 is 33.2 Å². The lowest BCUT2D eigenvalue weighted by atomic mass is 10.2. The molecule has 0 unspecified atom stereocenters. The van der Waals surface area contributed by atoms with Crippen molar-refractivity contribution in [2.24, 2.45) is 0 Å². The zero-order chi connectivity index (χ0) is 37.1. The molecule has 7 nitrogen and oxygen atoms in total. The van der Waals surface area contributed by atoms with Gasteiger partial charge in [0.15, 0.2) is 46.0 Å². The Bertz CT molecular complexity index is 2280. The third-order valence-electron chi connectivity index (χ3n) is 8.11. The van der Waals surface area contributed by atoms with Crippen molar-refractivity contribution in [1.82, 2.24) is 0 Å². The Kier molecular flexibility index (Phi) is 10.5. The molecule has 8 rings (SSSR count). The fourth-order valence-corrected chi connectivity index (χ4v) is 5.55. The van der Waals surface area contributed by atoms with E-state index in [1.165, 1.54) is 0 Å². The quantitative estimate of drug-likeness (QED) is 0.111. The van der Waals surface area contributed by atoms with Crippen LogP contribution < -0.4 is 33.2 Å². The van der Waals surface area contributed by atoms with Crippen LogP contribution in [-0.4, -0.2) is 0 Å². The molecule has 8 aromatic carbocycles. The molecule has 0 amide bonds. The second kappa shape index (κ2) is 16.8. The predicted octanol–water partition coefficient (Wildman–Crippen LogP) is 14.2. The Morgan fingerprint density at radius 3 is 0.691 bits per heavy atom. The Balaban J connectivity index is 1.10. The van der Waals surface area contributed by atoms with Crippen molar-refractivity contribution in [2.45, 2.75) is 0 Å². The second-order valence-electron chi connectivity index (χ2n) is 12.0. The van der Waals surface area contributed by atoms with Crippen molar-refractivity contribution in [3.8, 4) is 80.5 Å². The minimum atomic E-state index is 0.402. The molecular weight excluding hydrogens is 689 g/mol. The van der Waals surface area contributed by atoms with Crippen LogP contribution in [0.2, 0.25) is 0 Å². The van der Waals surface area contributed by atoms with Crippen LogP contribution in [0, 0.1) is 0 Å². The Labute approximate surface area is 319 Å². The molecular formula is C48H34O7. The van der Waals surface area contributed by atoms with Gasteiger partial charge in [-0.1, -0.05) is 109 Å². The molecule has 0 aliphatic rings. The van der Waals surface area contributed by atoms with Gasteiger partial charge in [0.2, 0.25) is 11.5 Å². The maximum absolute atomic E-state index is 6.57. The van der Waals surface area contributed by atoms with Gasteiger partial charge in [-0.25, -0.2) is 0 Å². The molecule has 268 valence electrons. The summed E-state index contributed by atoms with van der Waals surface area (Å²) < 4.78 is 45.0. The first-order valence-electron chi connectivity index (χ1n) is 17.6. The van der Waals surface area contributed by atoms with E-state index < -0.39 is 0 Å². The molecule has 0 atom stereocenters. The summed E-state index contributed by atoms with van der Waals surface area (Å²) in [5.41, 5.74) is 0. The van der Waals surface area contributed by atoms with Gasteiger partial charge in [-0.3, -0.25) is 0 Å². The highest BCUT2D eigenvalue weighted by Crippen LogP contribution is 2.48. The SMILES string of the molecule is c1ccc(Oc2cccc(Oc3ccccc3Oc3ccccc3Oc3cccc(Oc4ccccc4)c3Oc3ccccc3)c2Oc2ccccc2)cc1. The average Bonchev–Trinajstić information content (AvgIpc) is 3.23. The molecule has 0 radical (unpaired) electrons. The van der Waals surface area contributed by atoms with E-state index in [4.69, 9.17) is 33.2 Å². The predicted molar refractivity (Wildman–Crippen MR) is 212 cm³/mol. The topological polar surface area (TPSA) is 64.6 Å². The van der Waals surface area contributed by atoms with Gasteiger partial charge in [-0.05, 0) is 97.1 Å². The van der Waals surface area contributed by atoms with Crippen LogP contribution >= 0.6 is 0 Å². The molecule has 7 heteroatoms. The van der Waals surface area contributed by atoms with Crippen molar-refractivity contribution in [2.75, 3.05) is 0 Å². The van der Waals surface area contributed by atoms with Crippen LogP contribution in [0.25, 0.3) is 0 Å². The highest BCUT2D eigenvalue weighted by molar-refractivity contribution is 5.59. The molecule has 0 saturated carbocycles. The lowest BCUT2D eigenvalue weighted by molar-refractivity contribution is 0.363. The molecule has 0 fully saturated rings. The number of rotatable bonds is 14. The summed E-state index contributed by atoms with van der Waals surface area (Å²) in [5, 5.41) is 0. The van der Waals surface area contributed by atoms with Gasteiger partial charge in [0.25, 0.3) is 0 Å². The minimum Gasteiger partial charge on any atom is -0.453 e. The molecule has 0 N–H and O–H groups in total. The van der Waals surface area contributed by atoms with E-state index in [0.717, 1.165) is 0 Å². The van der Waals surface area contributed by atoms with E-state index in [1.807, 2.05) is 206 Å². The normalized spacial score (nSPS) is 10.5. The lowest BCUT2D eigenvalue weighted by Gasteiger charge is -2.19. The third-order valence-corrected chi connectivity index (χ3v) is 8.11. The zero-order valence-electron chi connectivity index (χ0n) is 29.5. The van der Waals surface area contributed by atoms with Crippen LogP contribution in [0.1, 0.15) is 0 Å². The van der Waals surface area contributed by atoms with Gasteiger partial charge in [0.05, 0.1) is 0 Å². The first-order chi connectivity index (χ1) is 27.2. The summed E-state index contributed by atoms with van der Waals surface area (Å²) in [4.78, 5) is 0. The van der Waals surface area contributed by atoms with Gasteiger partial charge in [0, 0.05) is 0 Å². The van der Waals surface area contributed by atoms with Crippen molar-refractivity contribution in [3.63, 3.8) is 0 Å². The molecule has 0 aromatic heterocycles. The van der Waals surface area contributed by atoms with Gasteiger partial charge in [0.1, 0.15) is 23.0 Å². The lowest BCUT2D eigenvalue weighted by Crippen LogP contribution is -1.97. The maximum Gasteiger partial charge on any atom is 0.212 e. The molecule has 0 aliphatic heterocycles. The second-order valence-corrected chi connectivity index (χ2v) is 12.0. The minimum absolute atomic E-state index is 0.402. The summed E-state index contributed by atoms with van der Waals surface area (Å²) in [6.45, 7) is 0. The molecule has 0 saturated heterocycles. The number of hydrogen-bond donors (Lipinski definition) is 0. The number of ether oxygens (including phenoxy) is 7. The fraction of sp³-hybridized carbons (Fsp3) is 0. The summed E-state index contributed by atoms with van der Waals surface area (Å²) in [5.74, 6) is 6.97. The number of hydrogen-bond acceptors (Lipinski definition) is 7. The number of benzene rings is 8. The molecule has 8 aromatic rings. The van der Waals surface area contributed by atoms with Crippen LogP contribution in [0.4, 0.5) is 0 Å². The molecule has 0 heterocycles. The summed E-state index contributed by atoms with van der Waals surface area (Å²) >= 11 is 0. The van der Waals surface area contributed by atoms with Gasteiger partial charge < -0.3 is 33.2 Å². The van der Waals surface area contributed by atoms with Gasteiger partial charge in [-0.2, -0.15) is 0 Å². The highest BCUT2D eigenvalue weighted by Gasteiger charge is 2.20. The van der Waals surface area contributed by atoms with E-state index in [0.29, 0.717) is 80.5 Å². The van der Waals surface area contributed by atoms with E-state index in [1.54, 1.807) is 0 Å². The fourth-order valence-electron chi connectivity index (χ4n) is 5.55. The monoisotopic (exact) mass is 722 g/mol. The maximum atomic E-state index is 6.57. The summed E-state index contributed by atoms with van der Waals surface area (Å²) in [6, 6.07) is 63.8. The summed E-state index contributed by atoms with van der Waals surface area (Å²) in [6.07, 6.45) is 0. The van der Waals surface area contributed by atoms with Crippen LogP contribution in [-0.2, 0) is 0 Å². The van der Waals surface area contributed by atoms with E-state index in [2.05, 4.69) is 0 Å². The van der Waals surface area contributed by atoms with Crippen LogP contribution in [0.3, 0.4) is 0 Å². The number of para-hydroxylation sites is 10. The van der Waals surface area contributed by atoms with Crippen LogP contribution in [0.15, 0.2) is 206 Å². The van der Waals surface area contributed by atoms with Crippen molar-refractivity contribution >= 4 is 0 Å². The molecule has 0 spiro atoms. The largest absolute Gasteiger partial charge is 0.453 e. The molecule has 55 heavy (non-hydrogen) atoms. The zero-order valence-corrected chi connectivity index (χ0v) is 29.5. The first-order valence-corrected chi connectivity index (χ1v) is 17.6.